The molecule has 5 nitrogen and oxygen atoms in total. The average Bonchev–Trinajstić information content (AvgIpc) is 3.28. The van der Waals surface area contributed by atoms with Crippen molar-refractivity contribution in [2.75, 3.05) is 20.9 Å². The average molecular weight is 672 g/mol. The Balaban J connectivity index is 1.88. The molecular weight excluding hydrogens is 603 g/mol. The van der Waals surface area contributed by atoms with Crippen molar-refractivity contribution in [3.8, 4) is 0 Å². The zero-order chi connectivity index (χ0) is 34.9. The van der Waals surface area contributed by atoms with E-state index in [-0.39, 0.29) is 33.6 Å². The van der Waals surface area contributed by atoms with Gasteiger partial charge in [0.25, 0.3) is 0 Å². The van der Waals surface area contributed by atoms with Crippen LogP contribution in [0, 0.1) is 23.2 Å². The summed E-state index contributed by atoms with van der Waals surface area (Å²) in [5.74, 6) is 1.51. The maximum atomic E-state index is 12.5. The first-order valence-corrected chi connectivity index (χ1v) is 23.7. The molecule has 3 fully saturated rings. The van der Waals surface area contributed by atoms with Gasteiger partial charge in [-0.3, -0.25) is 4.79 Å². The Kier molecular flexibility index (Phi) is 12.5. The lowest BCUT2D eigenvalue weighted by molar-refractivity contribution is -0.128. The zero-order valence-corrected chi connectivity index (χ0v) is 34.1. The van der Waals surface area contributed by atoms with Crippen LogP contribution in [-0.4, -0.2) is 60.5 Å². The number of allylic oxidation sites excluding steroid dienone is 4. The SMILES string of the molecule is C=C1C(=CC=C2CCC[C@]3(C)[C@@H]([C@@H](C)C=CC(=O)N(C)COC)CC[C@@H]23)C[C@@H](O[Si](C)(C)C(C)(C)C)C[C@@H]1O[Si](C)(C)C(C)(C)C. The van der Waals surface area contributed by atoms with Crippen molar-refractivity contribution in [3.63, 3.8) is 0 Å². The summed E-state index contributed by atoms with van der Waals surface area (Å²) < 4.78 is 19.3. The van der Waals surface area contributed by atoms with Crippen LogP contribution in [0.15, 0.2) is 47.6 Å². The number of hydrogen-bond donors (Lipinski definition) is 0. The molecule has 0 saturated heterocycles. The van der Waals surface area contributed by atoms with E-state index in [0.29, 0.717) is 24.5 Å². The predicted molar refractivity (Wildman–Crippen MR) is 200 cm³/mol. The Labute approximate surface area is 285 Å². The monoisotopic (exact) mass is 671 g/mol. The minimum Gasteiger partial charge on any atom is -0.413 e. The lowest BCUT2D eigenvalue weighted by Gasteiger charge is -2.45. The van der Waals surface area contributed by atoms with E-state index < -0.39 is 16.6 Å². The van der Waals surface area contributed by atoms with Gasteiger partial charge in [0.2, 0.25) is 5.91 Å². The fourth-order valence-corrected chi connectivity index (χ4v) is 10.3. The predicted octanol–water partition coefficient (Wildman–Crippen LogP) is 10.4. The Morgan fingerprint density at radius 2 is 1.65 bits per heavy atom. The standard InChI is InChI=1S/C39H69NO4Si2/c1-28(18-23-36(41)40(10)27-42-11)33-21-22-34-30(17-16-24-39(33,34)9)19-20-31-25-32(43-45(12,13)37(3,4)5)26-35(29(31)2)44-46(14,15)38(6,7)8/h18-20,23,28,32-35H,2,16-17,21-22,24-27H2,1,3-15H3/t28-,32+,33+,34-,35-,39+/m0/s1. The van der Waals surface area contributed by atoms with Gasteiger partial charge in [0.15, 0.2) is 16.6 Å². The highest BCUT2D eigenvalue weighted by Crippen LogP contribution is 2.59. The van der Waals surface area contributed by atoms with Gasteiger partial charge in [-0.15, -0.1) is 0 Å². The quantitative estimate of drug-likeness (QED) is 0.132. The lowest BCUT2D eigenvalue weighted by atomic mass is 9.61. The minimum atomic E-state index is -2.00. The molecule has 46 heavy (non-hydrogen) atoms. The van der Waals surface area contributed by atoms with Crippen molar-refractivity contribution in [3.05, 3.63) is 47.6 Å². The molecule has 0 unspecified atom stereocenters. The smallest absolute Gasteiger partial charge is 0.247 e. The Morgan fingerprint density at radius 1 is 1.04 bits per heavy atom. The van der Waals surface area contributed by atoms with Gasteiger partial charge in [-0.2, -0.15) is 0 Å². The highest BCUT2D eigenvalue weighted by molar-refractivity contribution is 6.74. The van der Waals surface area contributed by atoms with Gasteiger partial charge in [-0.05, 0) is 115 Å². The van der Waals surface area contributed by atoms with Crippen LogP contribution in [0.4, 0.5) is 0 Å². The largest absolute Gasteiger partial charge is 0.413 e. The van der Waals surface area contributed by atoms with Crippen LogP contribution in [-0.2, 0) is 18.4 Å². The number of nitrogens with zero attached hydrogens (tertiary/aromatic N) is 1. The molecule has 3 rings (SSSR count). The number of likely N-dealkylation sites (N-methyl/N-ethyl adjacent to an activating group) is 1. The third kappa shape index (κ3) is 8.85. The zero-order valence-electron chi connectivity index (χ0n) is 32.1. The second-order valence-corrected chi connectivity index (χ2v) is 27.5. The molecule has 0 N–H and O–H groups in total. The van der Waals surface area contributed by atoms with Crippen molar-refractivity contribution in [2.45, 2.75) is 149 Å². The Morgan fingerprint density at radius 3 is 2.24 bits per heavy atom. The number of methoxy groups -OCH3 is 1. The summed E-state index contributed by atoms with van der Waals surface area (Å²) in [5.41, 5.74) is 4.31. The highest BCUT2D eigenvalue weighted by atomic mass is 28.4. The van der Waals surface area contributed by atoms with E-state index in [4.69, 9.17) is 13.6 Å². The van der Waals surface area contributed by atoms with Gasteiger partial charge in [-0.25, -0.2) is 0 Å². The van der Waals surface area contributed by atoms with Crippen LogP contribution < -0.4 is 0 Å². The van der Waals surface area contributed by atoms with Crippen LogP contribution in [0.2, 0.25) is 36.3 Å². The van der Waals surface area contributed by atoms with Gasteiger partial charge >= 0.3 is 0 Å². The van der Waals surface area contributed by atoms with Gasteiger partial charge in [0.05, 0.1) is 12.2 Å². The molecule has 0 radical (unpaired) electrons. The second kappa shape index (κ2) is 14.7. The molecule has 0 bridgehead atoms. The fourth-order valence-electron chi connectivity index (χ4n) is 7.66. The van der Waals surface area contributed by atoms with Crippen molar-refractivity contribution < 1.29 is 18.4 Å². The molecular formula is C39H69NO4Si2. The number of rotatable bonds is 10. The van der Waals surface area contributed by atoms with Crippen molar-refractivity contribution in [2.24, 2.45) is 23.2 Å². The van der Waals surface area contributed by atoms with Gasteiger partial charge < -0.3 is 18.5 Å². The molecule has 0 spiro atoms. The van der Waals surface area contributed by atoms with E-state index in [9.17, 15) is 4.79 Å². The topological polar surface area (TPSA) is 48.0 Å². The number of ether oxygens (including phenoxy) is 1. The van der Waals surface area contributed by atoms with Crippen LogP contribution in [0.1, 0.15) is 100 Å². The summed E-state index contributed by atoms with van der Waals surface area (Å²) in [5, 5.41) is 0.297. The Hall–Kier alpha value is -1.26. The maximum Gasteiger partial charge on any atom is 0.247 e. The van der Waals surface area contributed by atoms with E-state index in [2.05, 4.69) is 106 Å². The number of hydrogen-bond acceptors (Lipinski definition) is 4. The Bertz CT molecular complexity index is 1190. The molecule has 0 aromatic rings. The molecule has 1 amide bonds. The summed E-state index contributed by atoms with van der Waals surface area (Å²) in [6.45, 7) is 33.2. The van der Waals surface area contributed by atoms with Gasteiger partial charge in [0, 0.05) is 20.6 Å². The van der Waals surface area contributed by atoms with Crippen molar-refractivity contribution >= 4 is 22.5 Å². The van der Waals surface area contributed by atoms with Crippen molar-refractivity contribution in [1.29, 1.82) is 0 Å². The number of amides is 1. The van der Waals surface area contributed by atoms with E-state index in [1.54, 1.807) is 30.7 Å². The van der Waals surface area contributed by atoms with Gasteiger partial charge in [0.1, 0.15) is 6.73 Å². The fraction of sp³-hybridized carbons (Fsp3) is 0.769. The molecule has 7 heteroatoms. The third-order valence-corrected chi connectivity index (χ3v) is 21.7. The van der Waals surface area contributed by atoms with Crippen LogP contribution in [0.5, 0.6) is 0 Å². The summed E-state index contributed by atoms with van der Waals surface area (Å²) in [6.07, 6.45) is 16.8. The minimum absolute atomic E-state index is 0.000163. The summed E-state index contributed by atoms with van der Waals surface area (Å²) in [6, 6.07) is 0. The van der Waals surface area contributed by atoms with Gasteiger partial charge in [-0.1, -0.05) is 85.8 Å². The second-order valence-electron chi connectivity index (χ2n) is 18.0. The first kappa shape index (κ1) is 39.2. The van der Waals surface area contributed by atoms with E-state index in [1.807, 2.05) is 0 Å². The molecule has 3 saturated carbocycles. The number of fused-ring (bicyclic) bond motifs is 1. The van der Waals surface area contributed by atoms with E-state index >= 15 is 0 Å². The maximum absolute atomic E-state index is 12.5. The van der Waals surface area contributed by atoms with E-state index in [0.717, 1.165) is 18.4 Å². The summed E-state index contributed by atoms with van der Waals surface area (Å²) in [7, 11) is -0.544. The molecule has 0 aromatic heterocycles. The first-order chi connectivity index (χ1) is 21.0. The normalized spacial score (nSPS) is 30.7. The third-order valence-electron chi connectivity index (χ3n) is 12.6. The molecule has 262 valence electrons. The van der Waals surface area contributed by atoms with Crippen LogP contribution >= 0.6 is 0 Å². The number of carbonyl (C=O) groups is 1. The van der Waals surface area contributed by atoms with E-state index in [1.165, 1.54) is 37.7 Å². The molecule has 3 aliphatic rings. The highest BCUT2D eigenvalue weighted by Gasteiger charge is 2.50. The van der Waals surface area contributed by atoms with Crippen molar-refractivity contribution in [1.82, 2.24) is 4.90 Å². The molecule has 0 aliphatic heterocycles. The number of carbonyl (C=O) groups excluding carboxylic acids is 1. The molecule has 0 heterocycles. The first-order valence-electron chi connectivity index (χ1n) is 17.9. The lowest BCUT2D eigenvalue weighted by Crippen LogP contribution is -2.49. The summed E-state index contributed by atoms with van der Waals surface area (Å²) in [4.78, 5) is 14.2. The molecule has 6 atom stereocenters. The van der Waals surface area contributed by atoms with Crippen LogP contribution in [0.3, 0.4) is 0 Å². The molecule has 0 aromatic carbocycles. The summed E-state index contributed by atoms with van der Waals surface area (Å²) >= 11 is 0. The van der Waals surface area contributed by atoms with Crippen LogP contribution in [0.25, 0.3) is 0 Å². The molecule has 3 aliphatic carbocycles.